The smallest absolute Gasteiger partial charge is 0.355 e. The molecule has 10 heteroatoms. The Morgan fingerprint density at radius 1 is 0.617 bits per heavy atom. The number of benzene rings is 4. The Hall–Kier alpha value is -6.16. The molecule has 0 aliphatic carbocycles. The molecule has 1 spiro atoms. The lowest BCUT2D eigenvalue weighted by Gasteiger charge is -2.44. The highest BCUT2D eigenvalue weighted by molar-refractivity contribution is 6.20. The molecule has 0 amide bonds. The molecule has 0 radical (unpaired) electrons. The van der Waals surface area contributed by atoms with Crippen LogP contribution in [0, 0.1) is 0 Å². The van der Waals surface area contributed by atoms with Gasteiger partial charge >= 0.3 is 17.9 Å². The number of rotatable bonds is 7. The molecular formula is C37H32N4O6. The summed E-state index contributed by atoms with van der Waals surface area (Å²) in [6.45, 7) is 1.60. The number of carbonyl (C=O) groups is 3. The molecule has 0 saturated carbocycles. The molecule has 10 nitrogen and oxygen atoms in total. The van der Waals surface area contributed by atoms with Gasteiger partial charge in [-0.3, -0.25) is 4.90 Å². The van der Waals surface area contributed by atoms with Crippen LogP contribution in [0.15, 0.2) is 149 Å². The van der Waals surface area contributed by atoms with E-state index in [0.29, 0.717) is 28.5 Å². The van der Waals surface area contributed by atoms with E-state index < -0.39 is 23.6 Å². The maximum atomic E-state index is 14.4. The summed E-state index contributed by atoms with van der Waals surface area (Å²) in [6, 6.07) is 37.0. The van der Waals surface area contributed by atoms with Gasteiger partial charge in [-0.15, -0.1) is 0 Å². The zero-order valence-electron chi connectivity index (χ0n) is 26.3. The van der Waals surface area contributed by atoms with E-state index in [1.807, 2.05) is 102 Å². The second-order valence-corrected chi connectivity index (χ2v) is 10.6. The second kappa shape index (κ2) is 12.7. The Morgan fingerprint density at radius 2 is 1.11 bits per heavy atom. The Morgan fingerprint density at radius 3 is 1.62 bits per heavy atom. The number of nitrogens with zero attached hydrogens (tertiary/aromatic N) is 4. The van der Waals surface area contributed by atoms with E-state index >= 15 is 0 Å². The number of hydrogen-bond acceptors (Lipinski definition) is 10. The average Bonchev–Trinajstić information content (AvgIpc) is 3.65. The second-order valence-electron chi connectivity index (χ2n) is 10.6. The molecule has 0 aromatic heterocycles. The molecule has 4 aromatic carbocycles. The van der Waals surface area contributed by atoms with Crippen LogP contribution in [-0.4, -0.2) is 50.7 Å². The fourth-order valence-electron chi connectivity index (χ4n) is 6.17. The minimum atomic E-state index is -1.83. The van der Waals surface area contributed by atoms with Gasteiger partial charge < -0.3 is 19.1 Å². The van der Waals surface area contributed by atoms with Crippen LogP contribution >= 0.6 is 0 Å². The molecule has 1 atom stereocenters. The number of anilines is 3. The van der Waals surface area contributed by atoms with Crippen LogP contribution in [0.2, 0.25) is 0 Å². The molecule has 4 aromatic rings. The first kappa shape index (κ1) is 30.8. The van der Waals surface area contributed by atoms with E-state index in [4.69, 9.17) is 19.3 Å². The highest BCUT2D eigenvalue weighted by Crippen LogP contribution is 2.56. The summed E-state index contributed by atoms with van der Waals surface area (Å²) < 4.78 is 16.1. The van der Waals surface area contributed by atoms with Gasteiger partial charge in [0.1, 0.15) is 11.3 Å². The number of amidine groups is 1. The topological polar surface area (TPSA) is 101 Å². The Bertz CT molecular complexity index is 1910. The molecule has 0 N–H and O–H groups in total. The standard InChI is InChI=1S/C37H32N4O6/c1-25(34(42)45-2)32-37(30(35(43)46-3)31(36(44)47-4)39(32)27-19-11-6-12-20-27)40(28-21-13-7-14-22-28)33(26-17-9-5-10-18-26)38-41(37)29-23-15-8-16-24-29/h5-24H,1-4H3/b32-25+. The zero-order chi connectivity index (χ0) is 33.1. The molecule has 236 valence electrons. The number of carbonyl (C=O) groups excluding carboxylic acids is 3. The van der Waals surface area contributed by atoms with Gasteiger partial charge in [0.15, 0.2) is 5.84 Å². The van der Waals surface area contributed by atoms with Gasteiger partial charge in [0.2, 0.25) is 5.66 Å². The molecule has 2 aliphatic rings. The number of ether oxygens (including phenoxy) is 3. The van der Waals surface area contributed by atoms with Crippen molar-refractivity contribution in [3.63, 3.8) is 0 Å². The molecule has 2 aliphatic heterocycles. The summed E-state index contributed by atoms with van der Waals surface area (Å²) in [5.74, 6) is -1.89. The molecular weight excluding hydrogens is 596 g/mol. The highest BCUT2D eigenvalue weighted by atomic mass is 16.5. The summed E-state index contributed by atoms with van der Waals surface area (Å²) in [5, 5.41) is 6.88. The van der Waals surface area contributed by atoms with Gasteiger partial charge in [0.25, 0.3) is 0 Å². The maximum Gasteiger partial charge on any atom is 0.355 e. The first-order valence-electron chi connectivity index (χ1n) is 14.8. The van der Waals surface area contributed by atoms with Gasteiger partial charge in [-0.05, 0) is 43.3 Å². The zero-order valence-corrected chi connectivity index (χ0v) is 26.3. The quantitative estimate of drug-likeness (QED) is 0.146. The highest BCUT2D eigenvalue weighted by Gasteiger charge is 2.67. The van der Waals surface area contributed by atoms with Crippen molar-refractivity contribution in [2.75, 3.05) is 36.1 Å². The molecule has 2 heterocycles. The summed E-state index contributed by atoms with van der Waals surface area (Å²) in [5.41, 5.74) is 0.621. The average molecular weight is 629 g/mol. The minimum absolute atomic E-state index is 0.114. The van der Waals surface area contributed by atoms with Gasteiger partial charge in [-0.2, -0.15) is 5.10 Å². The lowest BCUT2D eigenvalue weighted by Crippen LogP contribution is -2.61. The fourth-order valence-corrected chi connectivity index (χ4v) is 6.17. The van der Waals surface area contributed by atoms with Crippen LogP contribution in [0.3, 0.4) is 0 Å². The van der Waals surface area contributed by atoms with Crippen LogP contribution in [0.1, 0.15) is 12.5 Å². The third kappa shape index (κ3) is 4.91. The summed E-state index contributed by atoms with van der Waals surface area (Å²) in [6.07, 6.45) is 0. The third-order valence-electron chi connectivity index (χ3n) is 8.08. The van der Waals surface area contributed by atoms with Crippen molar-refractivity contribution in [3.8, 4) is 0 Å². The fraction of sp³-hybridized carbons (Fsp3) is 0.135. The lowest BCUT2D eigenvalue weighted by molar-refractivity contribution is -0.139. The summed E-state index contributed by atoms with van der Waals surface area (Å²) >= 11 is 0. The Labute approximate surface area is 272 Å². The van der Waals surface area contributed by atoms with Crippen LogP contribution in [0.5, 0.6) is 0 Å². The number of esters is 3. The van der Waals surface area contributed by atoms with Crippen LogP contribution in [0.4, 0.5) is 17.1 Å². The van der Waals surface area contributed by atoms with Gasteiger partial charge in [-0.25, -0.2) is 19.4 Å². The number of hydrazone groups is 1. The van der Waals surface area contributed by atoms with Crippen LogP contribution in [0.25, 0.3) is 0 Å². The van der Waals surface area contributed by atoms with Crippen LogP contribution < -0.4 is 14.8 Å². The van der Waals surface area contributed by atoms with Crippen molar-refractivity contribution in [2.45, 2.75) is 12.6 Å². The minimum Gasteiger partial charge on any atom is -0.466 e. The van der Waals surface area contributed by atoms with Crippen molar-refractivity contribution in [1.29, 1.82) is 0 Å². The first-order chi connectivity index (χ1) is 22.9. The molecule has 0 bridgehead atoms. The van der Waals surface area contributed by atoms with E-state index in [2.05, 4.69) is 0 Å². The number of methoxy groups -OCH3 is 3. The summed E-state index contributed by atoms with van der Waals surface area (Å²) in [4.78, 5) is 45.6. The van der Waals surface area contributed by atoms with Crippen molar-refractivity contribution < 1.29 is 28.6 Å². The number of hydrogen-bond donors (Lipinski definition) is 0. The van der Waals surface area contributed by atoms with E-state index in [-0.39, 0.29) is 22.5 Å². The predicted octanol–water partition coefficient (Wildman–Crippen LogP) is 5.64. The van der Waals surface area contributed by atoms with Crippen molar-refractivity contribution in [2.24, 2.45) is 5.10 Å². The molecule has 6 rings (SSSR count). The van der Waals surface area contributed by atoms with Crippen LogP contribution in [-0.2, 0) is 28.6 Å². The van der Waals surface area contributed by atoms with Crippen molar-refractivity contribution >= 4 is 40.8 Å². The maximum absolute atomic E-state index is 14.4. The first-order valence-corrected chi connectivity index (χ1v) is 14.8. The van der Waals surface area contributed by atoms with Gasteiger partial charge in [0, 0.05) is 16.9 Å². The van der Waals surface area contributed by atoms with E-state index in [1.165, 1.54) is 21.3 Å². The van der Waals surface area contributed by atoms with E-state index in [1.54, 1.807) is 41.1 Å². The summed E-state index contributed by atoms with van der Waals surface area (Å²) in [7, 11) is 3.76. The Balaban J connectivity index is 1.88. The van der Waals surface area contributed by atoms with E-state index in [9.17, 15) is 14.4 Å². The lowest BCUT2D eigenvalue weighted by atomic mass is 9.90. The van der Waals surface area contributed by atoms with Gasteiger partial charge in [0.05, 0.1) is 38.3 Å². The van der Waals surface area contributed by atoms with E-state index in [0.717, 1.165) is 0 Å². The monoisotopic (exact) mass is 628 g/mol. The SMILES string of the molecule is COC(=O)C1=C(C(=O)OC)C2(/C(=C(/C)C(=O)OC)N1c1ccccc1)N(c1ccccc1)N=C(c1ccccc1)N2c1ccccc1. The third-order valence-corrected chi connectivity index (χ3v) is 8.08. The normalized spacial score (nSPS) is 18.3. The predicted molar refractivity (Wildman–Crippen MR) is 178 cm³/mol. The molecule has 0 fully saturated rings. The van der Waals surface area contributed by atoms with Gasteiger partial charge in [-0.1, -0.05) is 84.9 Å². The van der Waals surface area contributed by atoms with Crippen molar-refractivity contribution in [3.05, 3.63) is 149 Å². The van der Waals surface area contributed by atoms with Crippen molar-refractivity contribution in [1.82, 2.24) is 0 Å². The molecule has 1 unspecified atom stereocenters. The number of para-hydroxylation sites is 3. The molecule has 0 saturated heterocycles. The molecule has 47 heavy (non-hydrogen) atoms. The largest absolute Gasteiger partial charge is 0.466 e. The Kier molecular flexibility index (Phi) is 8.32.